The van der Waals surface area contributed by atoms with E-state index in [1.807, 2.05) is 0 Å². The monoisotopic (exact) mass is 282 g/mol. The molecule has 1 amide bonds. The zero-order chi connectivity index (χ0) is 14.4. The molecule has 2 rings (SSSR count). The SMILES string of the molecule is NCC1(CC(=O)NCC2CCCC(O)C2)CCCCC1. The van der Waals surface area contributed by atoms with Crippen molar-refractivity contribution in [3.8, 4) is 0 Å². The van der Waals surface area contributed by atoms with Gasteiger partial charge in [0.05, 0.1) is 6.10 Å². The van der Waals surface area contributed by atoms with Crippen LogP contribution in [0.4, 0.5) is 0 Å². The van der Waals surface area contributed by atoms with Gasteiger partial charge in [-0.2, -0.15) is 0 Å². The van der Waals surface area contributed by atoms with Gasteiger partial charge in [0.15, 0.2) is 0 Å². The van der Waals surface area contributed by atoms with E-state index in [1.165, 1.54) is 19.3 Å². The predicted octanol–water partition coefficient (Wildman–Crippen LogP) is 1.95. The van der Waals surface area contributed by atoms with Gasteiger partial charge >= 0.3 is 0 Å². The Balaban J connectivity index is 1.74. The van der Waals surface area contributed by atoms with Gasteiger partial charge in [0.1, 0.15) is 0 Å². The zero-order valence-corrected chi connectivity index (χ0v) is 12.6. The minimum absolute atomic E-state index is 0.0500. The van der Waals surface area contributed by atoms with E-state index in [1.54, 1.807) is 0 Å². The fraction of sp³-hybridized carbons (Fsp3) is 0.938. The molecule has 0 aromatic carbocycles. The first kappa shape index (κ1) is 15.8. The molecule has 20 heavy (non-hydrogen) atoms. The van der Waals surface area contributed by atoms with E-state index >= 15 is 0 Å². The van der Waals surface area contributed by atoms with Crippen LogP contribution in [0.1, 0.15) is 64.2 Å². The number of hydrogen-bond acceptors (Lipinski definition) is 3. The van der Waals surface area contributed by atoms with Crippen LogP contribution in [-0.2, 0) is 4.79 Å². The Kier molecular flexibility index (Phi) is 5.85. The van der Waals surface area contributed by atoms with Gasteiger partial charge in [0.2, 0.25) is 5.91 Å². The van der Waals surface area contributed by atoms with E-state index in [2.05, 4.69) is 5.32 Å². The molecule has 2 fully saturated rings. The largest absolute Gasteiger partial charge is 0.393 e. The molecule has 2 aliphatic carbocycles. The average Bonchev–Trinajstić information content (AvgIpc) is 2.46. The first-order valence-electron chi connectivity index (χ1n) is 8.28. The maximum Gasteiger partial charge on any atom is 0.220 e. The van der Waals surface area contributed by atoms with Gasteiger partial charge < -0.3 is 16.2 Å². The summed E-state index contributed by atoms with van der Waals surface area (Å²) in [7, 11) is 0. The second kappa shape index (κ2) is 7.41. The summed E-state index contributed by atoms with van der Waals surface area (Å²) < 4.78 is 0. The van der Waals surface area contributed by atoms with Crippen LogP contribution in [0, 0.1) is 11.3 Å². The van der Waals surface area contributed by atoms with E-state index in [4.69, 9.17) is 5.73 Å². The Morgan fingerprint density at radius 1 is 1.20 bits per heavy atom. The molecule has 2 aliphatic rings. The van der Waals surface area contributed by atoms with Gasteiger partial charge in [0, 0.05) is 13.0 Å². The first-order valence-corrected chi connectivity index (χ1v) is 8.28. The number of nitrogens with two attached hydrogens (primary N) is 1. The molecule has 0 aliphatic heterocycles. The molecular weight excluding hydrogens is 252 g/mol. The van der Waals surface area contributed by atoms with Crippen LogP contribution in [0.5, 0.6) is 0 Å². The van der Waals surface area contributed by atoms with Gasteiger partial charge in [-0.25, -0.2) is 0 Å². The highest BCUT2D eigenvalue weighted by molar-refractivity contribution is 5.76. The maximum atomic E-state index is 12.2. The van der Waals surface area contributed by atoms with Crippen LogP contribution in [0.15, 0.2) is 0 Å². The number of rotatable bonds is 5. The topological polar surface area (TPSA) is 75.4 Å². The molecule has 2 unspecified atom stereocenters. The first-order chi connectivity index (χ1) is 9.63. The van der Waals surface area contributed by atoms with Gasteiger partial charge in [-0.1, -0.05) is 25.7 Å². The molecule has 4 nitrogen and oxygen atoms in total. The summed E-state index contributed by atoms with van der Waals surface area (Å²) in [6, 6.07) is 0. The Morgan fingerprint density at radius 2 is 1.95 bits per heavy atom. The van der Waals surface area contributed by atoms with Gasteiger partial charge in [-0.05, 0) is 50.0 Å². The van der Waals surface area contributed by atoms with E-state index < -0.39 is 0 Å². The number of aliphatic hydroxyl groups is 1. The molecule has 4 N–H and O–H groups in total. The minimum atomic E-state index is -0.167. The number of nitrogens with one attached hydrogen (secondary N) is 1. The van der Waals surface area contributed by atoms with Crippen molar-refractivity contribution in [1.82, 2.24) is 5.32 Å². The van der Waals surface area contributed by atoms with E-state index in [0.29, 0.717) is 18.9 Å². The van der Waals surface area contributed by atoms with Crippen LogP contribution in [-0.4, -0.2) is 30.2 Å². The lowest BCUT2D eigenvalue weighted by atomic mass is 9.71. The summed E-state index contributed by atoms with van der Waals surface area (Å²) >= 11 is 0. The molecule has 0 aromatic heterocycles. The lowest BCUT2D eigenvalue weighted by molar-refractivity contribution is -0.124. The molecule has 0 heterocycles. The molecule has 0 spiro atoms. The van der Waals surface area contributed by atoms with Crippen LogP contribution in [0.25, 0.3) is 0 Å². The van der Waals surface area contributed by atoms with Crippen molar-refractivity contribution < 1.29 is 9.90 Å². The summed E-state index contributed by atoms with van der Waals surface area (Å²) in [5, 5.41) is 12.7. The fourth-order valence-electron chi connectivity index (χ4n) is 3.86. The summed E-state index contributed by atoms with van der Waals surface area (Å²) in [6.07, 6.45) is 10.3. The average molecular weight is 282 g/mol. The second-order valence-corrected chi connectivity index (χ2v) is 6.93. The maximum absolute atomic E-state index is 12.2. The highest BCUT2D eigenvalue weighted by Crippen LogP contribution is 2.38. The van der Waals surface area contributed by atoms with Gasteiger partial charge in [-0.15, -0.1) is 0 Å². The number of hydrogen-bond donors (Lipinski definition) is 3. The quantitative estimate of drug-likeness (QED) is 0.721. The van der Waals surface area contributed by atoms with E-state index in [-0.39, 0.29) is 17.4 Å². The number of amides is 1. The Hall–Kier alpha value is -0.610. The second-order valence-electron chi connectivity index (χ2n) is 6.93. The molecule has 0 saturated heterocycles. The molecule has 4 heteroatoms. The highest BCUT2D eigenvalue weighted by Gasteiger charge is 2.33. The molecule has 0 radical (unpaired) electrons. The summed E-state index contributed by atoms with van der Waals surface area (Å²) in [4.78, 5) is 12.2. The molecule has 2 atom stereocenters. The third kappa shape index (κ3) is 4.45. The molecule has 0 bridgehead atoms. The summed E-state index contributed by atoms with van der Waals surface area (Å²) in [5.41, 5.74) is 5.98. The number of aliphatic hydroxyl groups excluding tert-OH is 1. The molecule has 0 aromatic rings. The molecule has 2 saturated carbocycles. The minimum Gasteiger partial charge on any atom is -0.393 e. The third-order valence-corrected chi connectivity index (χ3v) is 5.23. The lowest BCUT2D eigenvalue weighted by Crippen LogP contribution is -2.40. The van der Waals surface area contributed by atoms with E-state index in [9.17, 15) is 9.90 Å². The molecule has 116 valence electrons. The van der Waals surface area contributed by atoms with Gasteiger partial charge in [0.25, 0.3) is 0 Å². The summed E-state index contributed by atoms with van der Waals surface area (Å²) in [6.45, 7) is 1.35. The van der Waals surface area contributed by atoms with Gasteiger partial charge in [-0.3, -0.25) is 4.79 Å². The summed E-state index contributed by atoms with van der Waals surface area (Å²) in [5.74, 6) is 0.597. The third-order valence-electron chi connectivity index (χ3n) is 5.23. The molecular formula is C16H30N2O2. The van der Waals surface area contributed by atoms with Crippen molar-refractivity contribution >= 4 is 5.91 Å². The zero-order valence-electron chi connectivity index (χ0n) is 12.6. The van der Waals surface area contributed by atoms with Crippen LogP contribution < -0.4 is 11.1 Å². The Labute approximate surface area is 122 Å². The van der Waals surface area contributed by atoms with Crippen molar-refractivity contribution in [3.05, 3.63) is 0 Å². The van der Waals surface area contributed by atoms with Crippen molar-refractivity contribution in [3.63, 3.8) is 0 Å². The Bertz CT molecular complexity index is 314. The highest BCUT2D eigenvalue weighted by atomic mass is 16.3. The predicted molar refractivity (Wildman–Crippen MR) is 80.2 cm³/mol. The van der Waals surface area contributed by atoms with Crippen LogP contribution in [0.3, 0.4) is 0 Å². The van der Waals surface area contributed by atoms with Crippen LogP contribution in [0.2, 0.25) is 0 Å². The number of carbonyl (C=O) groups excluding carboxylic acids is 1. The Morgan fingerprint density at radius 3 is 2.60 bits per heavy atom. The smallest absolute Gasteiger partial charge is 0.220 e. The van der Waals surface area contributed by atoms with Crippen molar-refractivity contribution in [2.75, 3.05) is 13.1 Å². The fourth-order valence-corrected chi connectivity index (χ4v) is 3.86. The lowest BCUT2D eigenvalue weighted by Gasteiger charge is -2.36. The van der Waals surface area contributed by atoms with E-state index in [0.717, 1.165) is 45.1 Å². The van der Waals surface area contributed by atoms with Crippen molar-refractivity contribution in [2.24, 2.45) is 17.1 Å². The van der Waals surface area contributed by atoms with Crippen molar-refractivity contribution in [2.45, 2.75) is 70.3 Å². The van der Waals surface area contributed by atoms with Crippen LogP contribution >= 0.6 is 0 Å². The number of carbonyl (C=O) groups is 1. The standard InChI is InChI=1S/C16H30N2O2/c17-12-16(7-2-1-3-8-16)10-15(20)18-11-13-5-4-6-14(19)9-13/h13-14,19H,1-12,17H2,(H,18,20). The van der Waals surface area contributed by atoms with Crippen molar-refractivity contribution in [1.29, 1.82) is 0 Å². The normalized spacial score (nSPS) is 29.9.